The fourth-order valence-corrected chi connectivity index (χ4v) is 5.50. The third-order valence-electron chi connectivity index (χ3n) is 8.00. The third kappa shape index (κ3) is 8.24. The lowest BCUT2D eigenvalue weighted by Gasteiger charge is -2.34. The monoisotopic (exact) mass is 561 g/mol. The van der Waals surface area contributed by atoms with Crippen molar-refractivity contribution < 1.29 is 33.3 Å². The molecular weight excluding hydrogens is 514 g/mol. The number of methoxy groups -OCH3 is 2. The van der Waals surface area contributed by atoms with Gasteiger partial charge in [-0.15, -0.1) is 0 Å². The maximum Gasteiger partial charge on any atom is 0.410 e. The van der Waals surface area contributed by atoms with Gasteiger partial charge in [0.05, 0.1) is 20.3 Å². The van der Waals surface area contributed by atoms with E-state index in [2.05, 4.69) is 5.32 Å². The lowest BCUT2D eigenvalue weighted by atomic mass is 9.94. The van der Waals surface area contributed by atoms with Crippen LogP contribution in [0.5, 0.6) is 11.5 Å². The Bertz CT molecular complexity index is 965. The van der Waals surface area contributed by atoms with Gasteiger partial charge in [0.1, 0.15) is 6.10 Å². The van der Waals surface area contributed by atoms with Crippen molar-refractivity contribution in [3.05, 3.63) is 23.8 Å². The number of nitrogens with one attached hydrogen (secondary N) is 1. The van der Waals surface area contributed by atoms with E-state index < -0.39 is 0 Å². The molecule has 10 heteroatoms. The Labute approximate surface area is 238 Å². The van der Waals surface area contributed by atoms with Crippen molar-refractivity contribution in [1.82, 2.24) is 15.1 Å². The summed E-state index contributed by atoms with van der Waals surface area (Å²) in [4.78, 5) is 30.8. The highest BCUT2D eigenvalue weighted by Gasteiger charge is 2.40. The van der Waals surface area contributed by atoms with Gasteiger partial charge in [0.15, 0.2) is 11.5 Å². The summed E-state index contributed by atoms with van der Waals surface area (Å²) in [5, 5.41) is 3.50. The maximum atomic E-state index is 13.8. The highest BCUT2D eigenvalue weighted by molar-refractivity contribution is 5.95. The van der Waals surface area contributed by atoms with Crippen LogP contribution in [0.4, 0.5) is 4.79 Å². The molecule has 1 aliphatic carbocycles. The van der Waals surface area contributed by atoms with Crippen molar-refractivity contribution in [3.63, 3.8) is 0 Å². The second kappa shape index (κ2) is 14.9. The van der Waals surface area contributed by atoms with Crippen LogP contribution in [0, 0.1) is 11.8 Å². The van der Waals surface area contributed by atoms with Gasteiger partial charge in [0.25, 0.3) is 5.91 Å². The first-order valence-electron chi connectivity index (χ1n) is 14.8. The van der Waals surface area contributed by atoms with E-state index in [0.717, 1.165) is 51.8 Å². The highest BCUT2D eigenvalue weighted by Crippen LogP contribution is 2.32. The Morgan fingerprint density at radius 3 is 2.48 bits per heavy atom. The predicted octanol–water partition coefficient (Wildman–Crippen LogP) is 3.58. The number of ether oxygens (including phenoxy) is 5. The van der Waals surface area contributed by atoms with Gasteiger partial charge in [-0.05, 0) is 69.6 Å². The van der Waals surface area contributed by atoms with E-state index in [9.17, 15) is 9.59 Å². The summed E-state index contributed by atoms with van der Waals surface area (Å²) in [5.74, 6) is 1.56. The second-order valence-electron chi connectivity index (χ2n) is 11.4. The number of hydrogen-bond donors (Lipinski definition) is 1. The van der Waals surface area contributed by atoms with Crippen molar-refractivity contribution in [1.29, 1.82) is 0 Å². The first kappa shape index (κ1) is 30.4. The van der Waals surface area contributed by atoms with E-state index in [-0.39, 0.29) is 42.0 Å². The van der Waals surface area contributed by atoms with Gasteiger partial charge < -0.3 is 38.8 Å². The van der Waals surface area contributed by atoms with Gasteiger partial charge in [-0.3, -0.25) is 4.79 Å². The lowest BCUT2D eigenvalue weighted by molar-refractivity contribution is -0.0292. The fourth-order valence-electron chi connectivity index (χ4n) is 5.50. The molecule has 0 spiro atoms. The molecule has 3 aliphatic rings. The number of rotatable bonds is 14. The first-order valence-corrected chi connectivity index (χ1v) is 14.8. The zero-order valence-corrected chi connectivity index (χ0v) is 24.6. The molecule has 1 saturated carbocycles. The zero-order valence-electron chi connectivity index (χ0n) is 24.6. The van der Waals surface area contributed by atoms with E-state index in [1.54, 1.807) is 32.4 Å². The topological polar surface area (TPSA) is 98.8 Å². The van der Waals surface area contributed by atoms with Crippen LogP contribution in [0.2, 0.25) is 0 Å². The van der Waals surface area contributed by atoms with Crippen LogP contribution in [-0.4, -0.2) is 107 Å². The fraction of sp³-hybridized carbons (Fsp3) is 0.733. The molecule has 10 nitrogen and oxygen atoms in total. The van der Waals surface area contributed by atoms with E-state index in [0.29, 0.717) is 50.0 Å². The Balaban J connectivity index is 1.40. The second-order valence-corrected chi connectivity index (χ2v) is 11.4. The van der Waals surface area contributed by atoms with Crippen LogP contribution in [0.1, 0.15) is 56.3 Å². The van der Waals surface area contributed by atoms with Crippen LogP contribution < -0.4 is 14.8 Å². The molecule has 0 radical (unpaired) electrons. The number of carbonyl (C=O) groups excluding carboxylic acids is 2. The molecule has 2 saturated heterocycles. The molecule has 4 rings (SSSR count). The summed E-state index contributed by atoms with van der Waals surface area (Å²) in [6.07, 6.45) is 4.17. The van der Waals surface area contributed by atoms with Crippen molar-refractivity contribution in [3.8, 4) is 11.5 Å². The summed E-state index contributed by atoms with van der Waals surface area (Å²) in [5.41, 5.74) is 0.566. The van der Waals surface area contributed by atoms with Crippen molar-refractivity contribution in [2.75, 3.05) is 66.8 Å². The van der Waals surface area contributed by atoms with E-state index >= 15 is 0 Å². The van der Waals surface area contributed by atoms with Gasteiger partial charge >= 0.3 is 6.09 Å². The molecule has 0 bridgehead atoms. The first-order chi connectivity index (χ1) is 19.4. The molecule has 2 aliphatic heterocycles. The van der Waals surface area contributed by atoms with E-state index in [1.807, 2.05) is 23.6 Å². The average Bonchev–Trinajstić information content (AvgIpc) is 3.71. The summed E-state index contributed by atoms with van der Waals surface area (Å²) in [6.45, 7) is 9.24. The number of benzene rings is 1. The van der Waals surface area contributed by atoms with Crippen LogP contribution in [0.25, 0.3) is 0 Å². The molecule has 40 heavy (non-hydrogen) atoms. The minimum atomic E-state index is -0.225. The largest absolute Gasteiger partial charge is 0.493 e. The predicted molar refractivity (Wildman–Crippen MR) is 151 cm³/mol. The van der Waals surface area contributed by atoms with E-state index in [1.165, 1.54) is 0 Å². The van der Waals surface area contributed by atoms with Crippen molar-refractivity contribution in [2.45, 2.75) is 64.1 Å². The molecule has 2 heterocycles. The molecule has 1 aromatic carbocycles. The van der Waals surface area contributed by atoms with Crippen molar-refractivity contribution in [2.24, 2.45) is 11.8 Å². The SMILES string of the molecule is COCCCOc1cc(C(=O)N(C[C@@H]2CNC[C@H]2CN(C(=O)O[C@H]2CCCOC2)C2CC2)C(C)C)ccc1OC. The standard InChI is InChI=1S/C30H47N3O7/c1-21(2)32(29(34)22-8-11-27(37-4)28(15-22)39-14-6-12-36-3)18-23-16-31-17-24(23)19-33(25-9-10-25)30(35)40-26-7-5-13-38-20-26/h8,11,15,21,23-26,31H,5-7,9-10,12-14,16-20H2,1-4H3/t23-,24-,26-/m0/s1. The minimum absolute atomic E-state index is 0.0118. The normalized spacial score (nSPS) is 22.7. The molecule has 3 fully saturated rings. The van der Waals surface area contributed by atoms with Gasteiger partial charge in [-0.2, -0.15) is 0 Å². The quantitative estimate of drug-likeness (QED) is 0.344. The summed E-state index contributed by atoms with van der Waals surface area (Å²) >= 11 is 0. The molecule has 1 N–H and O–H groups in total. The van der Waals surface area contributed by atoms with Gasteiger partial charge in [0, 0.05) is 70.6 Å². The Kier molecular flexibility index (Phi) is 11.3. The van der Waals surface area contributed by atoms with Gasteiger partial charge in [-0.25, -0.2) is 4.79 Å². The minimum Gasteiger partial charge on any atom is -0.493 e. The molecular formula is C30H47N3O7. The molecule has 3 atom stereocenters. The van der Waals surface area contributed by atoms with Crippen LogP contribution in [0.3, 0.4) is 0 Å². The molecule has 0 unspecified atom stereocenters. The molecule has 224 valence electrons. The summed E-state index contributed by atoms with van der Waals surface area (Å²) in [6, 6.07) is 5.62. The zero-order chi connectivity index (χ0) is 28.5. The average molecular weight is 562 g/mol. The highest BCUT2D eigenvalue weighted by atomic mass is 16.6. The van der Waals surface area contributed by atoms with Crippen molar-refractivity contribution >= 4 is 12.0 Å². The summed E-state index contributed by atoms with van der Waals surface area (Å²) in [7, 11) is 3.25. The Morgan fingerprint density at radius 2 is 1.82 bits per heavy atom. The van der Waals surface area contributed by atoms with Crippen LogP contribution >= 0.6 is 0 Å². The molecule has 0 aromatic heterocycles. The number of nitrogens with zero attached hydrogens (tertiary/aromatic N) is 2. The molecule has 1 aromatic rings. The summed E-state index contributed by atoms with van der Waals surface area (Å²) < 4.78 is 27.8. The van der Waals surface area contributed by atoms with E-state index in [4.69, 9.17) is 23.7 Å². The number of carbonyl (C=O) groups is 2. The third-order valence-corrected chi connectivity index (χ3v) is 8.00. The lowest BCUT2D eigenvalue weighted by Crippen LogP contribution is -2.45. The Hall–Kier alpha value is -2.56. The smallest absolute Gasteiger partial charge is 0.410 e. The number of hydrogen-bond acceptors (Lipinski definition) is 8. The maximum absolute atomic E-state index is 13.8. The van der Waals surface area contributed by atoms with Gasteiger partial charge in [0.2, 0.25) is 0 Å². The van der Waals surface area contributed by atoms with Gasteiger partial charge in [-0.1, -0.05) is 0 Å². The van der Waals surface area contributed by atoms with Crippen LogP contribution in [0.15, 0.2) is 18.2 Å². The number of amides is 2. The molecule has 2 amide bonds. The Morgan fingerprint density at radius 1 is 1.05 bits per heavy atom. The van der Waals surface area contributed by atoms with Crippen LogP contribution in [-0.2, 0) is 14.2 Å².